The molecule has 0 saturated heterocycles. The van der Waals surface area contributed by atoms with Gasteiger partial charge in [0.2, 0.25) is 0 Å². The van der Waals surface area contributed by atoms with E-state index in [1.165, 1.54) is 11.1 Å². The summed E-state index contributed by atoms with van der Waals surface area (Å²) in [7, 11) is 8.39. The number of hydrogen-bond acceptors (Lipinski definition) is 5. The van der Waals surface area contributed by atoms with Crippen molar-refractivity contribution in [3.63, 3.8) is 0 Å². The predicted molar refractivity (Wildman–Crippen MR) is 147 cm³/mol. The first kappa shape index (κ1) is 26.7. The highest BCUT2D eigenvalue weighted by Crippen LogP contribution is 2.42. The van der Waals surface area contributed by atoms with Crippen molar-refractivity contribution in [2.24, 2.45) is 0 Å². The second-order valence-electron chi connectivity index (χ2n) is 8.65. The van der Waals surface area contributed by atoms with E-state index in [1.54, 1.807) is 35.5 Å². The minimum absolute atomic E-state index is 0.677. The molecule has 0 aliphatic carbocycles. The van der Waals surface area contributed by atoms with E-state index in [0.717, 1.165) is 51.0 Å². The van der Waals surface area contributed by atoms with Crippen molar-refractivity contribution in [1.29, 1.82) is 0 Å². The van der Waals surface area contributed by atoms with Crippen LogP contribution in [-0.2, 0) is 12.8 Å². The molecule has 0 heterocycles. The van der Waals surface area contributed by atoms with Gasteiger partial charge in [0.05, 0.1) is 35.5 Å². The summed E-state index contributed by atoms with van der Waals surface area (Å²) in [5.74, 6) is 3.95. The maximum Gasteiger partial charge on any atom is 0.133 e. The van der Waals surface area contributed by atoms with E-state index in [0.29, 0.717) is 12.8 Å². The largest absolute Gasteiger partial charge is 0.497 e. The molecule has 3 aromatic rings. The van der Waals surface area contributed by atoms with Crippen molar-refractivity contribution in [1.82, 2.24) is 0 Å². The average Bonchev–Trinajstić information content (AvgIpc) is 2.89. The molecule has 0 spiro atoms. The molecule has 5 heteroatoms. The zero-order chi connectivity index (χ0) is 26.1. The van der Waals surface area contributed by atoms with Crippen LogP contribution in [0.1, 0.15) is 36.1 Å². The highest BCUT2D eigenvalue weighted by Gasteiger charge is 2.21. The molecule has 0 aromatic heterocycles. The molecule has 0 fully saturated rings. The summed E-state index contributed by atoms with van der Waals surface area (Å²) < 4.78 is 28.0. The molecule has 0 bridgehead atoms. The van der Waals surface area contributed by atoms with Crippen molar-refractivity contribution in [3.8, 4) is 28.7 Å². The Morgan fingerprint density at radius 1 is 0.556 bits per heavy atom. The maximum absolute atomic E-state index is 5.98. The quantitative estimate of drug-likeness (QED) is 0.290. The smallest absolute Gasteiger partial charge is 0.133 e. The Hall–Kier alpha value is -3.86. The van der Waals surface area contributed by atoms with E-state index in [-0.39, 0.29) is 0 Å². The lowest BCUT2D eigenvalue weighted by molar-refractivity contribution is 0.364. The zero-order valence-electron chi connectivity index (χ0n) is 22.3. The van der Waals surface area contributed by atoms with Gasteiger partial charge in [-0.3, -0.25) is 0 Å². The average molecular weight is 489 g/mol. The Balaban J connectivity index is 1.97. The van der Waals surface area contributed by atoms with Gasteiger partial charge in [-0.1, -0.05) is 47.6 Å². The molecular formula is C31H36O5. The fourth-order valence-corrected chi connectivity index (χ4v) is 4.27. The van der Waals surface area contributed by atoms with Crippen molar-refractivity contribution in [3.05, 3.63) is 88.0 Å². The Labute approximate surface area is 214 Å². The lowest BCUT2D eigenvalue weighted by Crippen LogP contribution is -2.05. The number of ether oxygens (including phenoxy) is 5. The third-order valence-electron chi connectivity index (χ3n) is 6.02. The maximum atomic E-state index is 5.98. The lowest BCUT2D eigenvalue weighted by Gasteiger charge is -2.21. The zero-order valence-corrected chi connectivity index (χ0v) is 22.3. The molecule has 0 amide bonds. The number of benzene rings is 3. The van der Waals surface area contributed by atoms with E-state index in [2.05, 4.69) is 26.0 Å². The third kappa shape index (κ3) is 6.63. The molecule has 3 rings (SSSR count). The van der Waals surface area contributed by atoms with Crippen LogP contribution in [0.25, 0.3) is 12.2 Å². The van der Waals surface area contributed by atoms with Crippen LogP contribution in [0.3, 0.4) is 0 Å². The summed E-state index contributed by atoms with van der Waals surface area (Å²) in [6.07, 6.45) is 5.68. The van der Waals surface area contributed by atoms with Gasteiger partial charge >= 0.3 is 0 Å². The minimum Gasteiger partial charge on any atom is -0.497 e. The van der Waals surface area contributed by atoms with Gasteiger partial charge in [0.25, 0.3) is 0 Å². The van der Waals surface area contributed by atoms with Gasteiger partial charge in [0.1, 0.15) is 28.7 Å². The van der Waals surface area contributed by atoms with E-state index in [9.17, 15) is 0 Å². The SMILES string of the molecule is COc1ccc(/C=C(\C)Cc2c(OC)cc(OC)c(C/C(C)=C/c3ccc(OC)cc3)c2OC)cc1. The van der Waals surface area contributed by atoms with Crippen LogP contribution in [0.2, 0.25) is 0 Å². The molecule has 5 nitrogen and oxygen atoms in total. The highest BCUT2D eigenvalue weighted by atomic mass is 16.5. The van der Waals surface area contributed by atoms with Gasteiger partial charge < -0.3 is 23.7 Å². The summed E-state index contributed by atoms with van der Waals surface area (Å²) in [5, 5.41) is 0. The van der Waals surface area contributed by atoms with E-state index < -0.39 is 0 Å². The Kier molecular flexibility index (Phi) is 9.46. The summed E-state index contributed by atoms with van der Waals surface area (Å²) in [5.41, 5.74) is 6.57. The van der Waals surface area contributed by atoms with E-state index in [4.69, 9.17) is 23.7 Å². The van der Waals surface area contributed by atoms with Crippen LogP contribution in [0.15, 0.2) is 65.7 Å². The number of rotatable bonds is 11. The summed E-state index contributed by atoms with van der Waals surface area (Å²) in [6.45, 7) is 4.23. The Morgan fingerprint density at radius 3 is 1.25 bits per heavy atom. The second kappa shape index (κ2) is 12.7. The van der Waals surface area contributed by atoms with E-state index >= 15 is 0 Å². The molecule has 3 aromatic carbocycles. The van der Waals surface area contributed by atoms with Crippen LogP contribution in [0, 0.1) is 0 Å². The minimum atomic E-state index is 0.677. The summed E-state index contributed by atoms with van der Waals surface area (Å²) >= 11 is 0. The second-order valence-corrected chi connectivity index (χ2v) is 8.65. The van der Waals surface area contributed by atoms with Gasteiger partial charge in [0, 0.05) is 30.0 Å². The van der Waals surface area contributed by atoms with Crippen LogP contribution in [0.5, 0.6) is 28.7 Å². The van der Waals surface area contributed by atoms with Crippen LogP contribution in [-0.4, -0.2) is 35.5 Å². The first-order chi connectivity index (χ1) is 17.4. The summed E-state index contributed by atoms with van der Waals surface area (Å²) in [6, 6.07) is 18.0. The van der Waals surface area contributed by atoms with Gasteiger partial charge in [-0.2, -0.15) is 0 Å². The molecule has 190 valence electrons. The normalized spacial score (nSPS) is 11.8. The number of allylic oxidation sites excluding steroid dienone is 2. The molecular weight excluding hydrogens is 452 g/mol. The molecule has 0 unspecified atom stereocenters. The van der Waals surface area contributed by atoms with Crippen molar-refractivity contribution < 1.29 is 23.7 Å². The monoisotopic (exact) mass is 488 g/mol. The molecule has 0 atom stereocenters. The van der Waals surface area contributed by atoms with Crippen LogP contribution < -0.4 is 23.7 Å². The topological polar surface area (TPSA) is 46.2 Å². The fraction of sp³-hybridized carbons (Fsp3) is 0.290. The van der Waals surface area contributed by atoms with Crippen molar-refractivity contribution in [2.75, 3.05) is 35.5 Å². The fourth-order valence-electron chi connectivity index (χ4n) is 4.27. The lowest BCUT2D eigenvalue weighted by atomic mass is 9.95. The van der Waals surface area contributed by atoms with Crippen molar-refractivity contribution >= 4 is 12.2 Å². The standard InChI is InChI=1S/C31H36O5/c1-21(16-23-8-12-25(32-3)13-9-23)18-27-29(34-5)20-30(35-6)28(31(27)36-7)19-22(2)17-24-10-14-26(33-4)15-11-24/h8-17,20H,18-19H2,1-7H3/b21-16+,22-17+. The molecule has 0 saturated carbocycles. The van der Waals surface area contributed by atoms with Gasteiger partial charge in [-0.15, -0.1) is 0 Å². The van der Waals surface area contributed by atoms with Crippen molar-refractivity contribution in [2.45, 2.75) is 26.7 Å². The van der Waals surface area contributed by atoms with Crippen LogP contribution >= 0.6 is 0 Å². The predicted octanol–water partition coefficient (Wildman–Crippen LogP) is 7.02. The number of methoxy groups -OCH3 is 5. The van der Waals surface area contributed by atoms with Gasteiger partial charge in [-0.05, 0) is 49.2 Å². The first-order valence-electron chi connectivity index (χ1n) is 11.9. The Morgan fingerprint density at radius 2 is 0.944 bits per heavy atom. The molecule has 0 N–H and O–H groups in total. The first-order valence-corrected chi connectivity index (χ1v) is 11.9. The highest BCUT2D eigenvalue weighted by molar-refractivity contribution is 5.63. The molecule has 0 aliphatic rings. The molecule has 0 radical (unpaired) electrons. The van der Waals surface area contributed by atoms with E-state index in [1.807, 2.05) is 54.6 Å². The van der Waals surface area contributed by atoms with Gasteiger partial charge in [-0.25, -0.2) is 0 Å². The third-order valence-corrected chi connectivity index (χ3v) is 6.02. The van der Waals surface area contributed by atoms with Gasteiger partial charge in [0.15, 0.2) is 0 Å². The number of hydrogen-bond donors (Lipinski definition) is 0. The van der Waals surface area contributed by atoms with Crippen LogP contribution in [0.4, 0.5) is 0 Å². The molecule has 36 heavy (non-hydrogen) atoms. The molecule has 0 aliphatic heterocycles. The Bertz CT molecular complexity index is 1110. The summed E-state index contributed by atoms with van der Waals surface area (Å²) in [4.78, 5) is 0.